The Kier molecular flexibility index (Phi) is 5.74. The van der Waals surface area contributed by atoms with Crippen molar-refractivity contribution in [2.45, 2.75) is 13.3 Å². The minimum Gasteiger partial charge on any atom is -0.475 e. The fourth-order valence-corrected chi connectivity index (χ4v) is 3.06. The van der Waals surface area contributed by atoms with Gasteiger partial charge in [0.2, 0.25) is 11.8 Å². The quantitative estimate of drug-likeness (QED) is 0.662. The highest BCUT2D eigenvalue weighted by Gasteiger charge is 2.05. The predicted molar refractivity (Wildman–Crippen MR) is 98.7 cm³/mol. The first-order valence-corrected chi connectivity index (χ1v) is 8.91. The molecule has 128 valence electrons. The van der Waals surface area contributed by atoms with Crippen LogP contribution in [0.2, 0.25) is 0 Å². The van der Waals surface area contributed by atoms with Crippen molar-refractivity contribution in [1.29, 1.82) is 0 Å². The topological polar surface area (TPSA) is 64.1 Å². The van der Waals surface area contributed by atoms with E-state index in [1.807, 2.05) is 54.8 Å². The first-order chi connectivity index (χ1) is 12.2. The molecule has 0 atom stereocenters. The molecule has 0 saturated heterocycles. The maximum absolute atomic E-state index is 11.9. The zero-order chi connectivity index (χ0) is 17.5. The summed E-state index contributed by atoms with van der Waals surface area (Å²) in [6.45, 7) is 2.80. The van der Waals surface area contributed by atoms with Gasteiger partial charge in [0.1, 0.15) is 12.3 Å². The number of hydrogen-bond donors (Lipinski definition) is 1. The van der Waals surface area contributed by atoms with E-state index < -0.39 is 0 Å². The number of aromatic nitrogens is 2. The van der Waals surface area contributed by atoms with Crippen molar-refractivity contribution in [3.63, 3.8) is 0 Å². The normalized spacial score (nSPS) is 10.4. The summed E-state index contributed by atoms with van der Waals surface area (Å²) < 4.78 is 5.51. The number of aryl methyl sites for hydroxylation is 1. The van der Waals surface area contributed by atoms with Crippen molar-refractivity contribution in [1.82, 2.24) is 15.5 Å². The van der Waals surface area contributed by atoms with E-state index in [1.54, 1.807) is 17.4 Å². The molecule has 6 heteroatoms. The summed E-state index contributed by atoms with van der Waals surface area (Å²) in [4.78, 5) is 13.0. The van der Waals surface area contributed by atoms with Crippen molar-refractivity contribution >= 4 is 17.2 Å². The molecule has 0 unspecified atom stereocenters. The first kappa shape index (κ1) is 17.1. The summed E-state index contributed by atoms with van der Waals surface area (Å²) in [6.07, 6.45) is 0.372. The Labute approximate surface area is 150 Å². The van der Waals surface area contributed by atoms with Crippen LogP contribution in [0.4, 0.5) is 0 Å². The predicted octanol–water partition coefficient (Wildman–Crippen LogP) is 3.25. The van der Waals surface area contributed by atoms with Crippen LogP contribution < -0.4 is 10.1 Å². The summed E-state index contributed by atoms with van der Waals surface area (Å²) in [5.41, 5.74) is 2.99. The summed E-state index contributed by atoms with van der Waals surface area (Å²) in [5, 5.41) is 13.0. The van der Waals surface area contributed by atoms with Gasteiger partial charge in [-0.2, -0.15) is 0 Å². The van der Waals surface area contributed by atoms with Crippen LogP contribution in [0.25, 0.3) is 10.6 Å². The second kappa shape index (κ2) is 8.39. The maximum atomic E-state index is 11.9. The van der Waals surface area contributed by atoms with Gasteiger partial charge in [-0.05, 0) is 30.0 Å². The average Bonchev–Trinajstić information content (AvgIpc) is 3.14. The van der Waals surface area contributed by atoms with E-state index in [0.717, 1.165) is 21.7 Å². The third-order valence-electron chi connectivity index (χ3n) is 3.54. The van der Waals surface area contributed by atoms with E-state index in [1.165, 1.54) is 0 Å². The lowest BCUT2D eigenvalue weighted by Crippen LogP contribution is -2.29. The van der Waals surface area contributed by atoms with E-state index in [2.05, 4.69) is 15.5 Å². The zero-order valence-electron chi connectivity index (χ0n) is 13.9. The molecule has 2 heterocycles. The fourth-order valence-electron chi connectivity index (χ4n) is 2.37. The second-order valence-corrected chi connectivity index (χ2v) is 6.55. The number of amides is 1. The summed E-state index contributed by atoms with van der Waals surface area (Å²) in [7, 11) is 0. The Morgan fingerprint density at radius 3 is 2.80 bits per heavy atom. The molecule has 5 nitrogen and oxygen atoms in total. The average molecular weight is 353 g/mol. The van der Waals surface area contributed by atoms with Crippen molar-refractivity contribution < 1.29 is 9.53 Å². The van der Waals surface area contributed by atoms with Crippen LogP contribution in [0.15, 0.2) is 53.9 Å². The number of carbonyl (C=O) groups excluding carboxylic acids is 1. The highest BCUT2D eigenvalue weighted by atomic mass is 32.1. The number of benzene rings is 1. The lowest BCUT2D eigenvalue weighted by molar-refractivity contribution is -0.120. The Bertz CT molecular complexity index is 817. The molecule has 3 rings (SSSR count). The van der Waals surface area contributed by atoms with E-state index in [4.69, 9.17) is 4.74 Å². The molecular weight excluding hydrogens is 334 g/mol. The fraction of sp³-hybridized carbons (Fsp3) is 0.211. The van der Waals surface area contributed by atoms with Gasteiger partial charge in [-0.15, -0.1) is 21.5 Å². The number of thiophene rings is 1. The van der Waals surface area contributed by atoms with Gasteiger partial charge in [-0.1, -0.05) is 35.9 Å². The monoisotopic (exact) mass is 353 g/mol. The molecular formula is C19H19N3O2S. The SMILES string of the molecule is Cc1cccc(CC(=O)NCCOc2ccc(-c3cccs3)nn2)c1. The molecule has 3 aromatic rings. The minimum absolute atomic E-state index is 0.0201. The third-order valence-corrected chi connectivity index (χ3v) is 4.43. The van der Waals surface area contributed by atoms with Gasteiger partial charge in [0.25, 0.3) is 0 Å². The molecule has 0 fully saturated rings. The number of rotatable bonds is 7. The van der Waals surface area contributed by atoms with Crippen LogP contribution in [0.3, 0.4) is 0 Å². The van der Waals surface area contributed by atoms with Gasteiger partial charge < -0.3 is 10.1 Å². The van der Waals surface area contributed by atoms with Gasteiger partial charge in [-0.25, -0.2) is 0 Å². The van der Waals surface area contributed by atoms with Gasteiger partial charge >= 0.3 is 0 Å². The van der Waals surface area contributed by atoms with Crippen LogP contribution in [0.1, 0.15) is 11.1 Å². The number of carbonyl (C=O) groups is 1. The number of nitrogens with one attached hydrogen (secondary N) is 1. The Morgan fingerprint density at radius 1 is 1.16 bits per heavy atom. The molecule has 0 radical (unpaired) electrons. The third kappa shape index (κ3) is 5.12. The Balaban J connectivity index is 1.40. The minimum atomic E-state index is -0.0201. The molecule has 1 aromatic carbocycles. The molecule has 1 amide bonds. The van der Waals surface area contributed by atoms with E-state index >= 15 is 0 Å². The van der Waals surface area contributed by atoms with Gasteiger partial charge in [0.05, 0.1) is 17.8 Å². The van der Waals surface area contributed by atoms with Crippen molar-refractivity contribution in [3.8, 4) is 16.5 Å². The lowest BCUT2D eigenvalue weighted by atomic mass is 10.1. The molecule has 0 bridgehead atoms. The number of nitrogens with zero attached hydrogens (tertiary/aromatic N) is 2. The summed E-state index contributed by atoms with van der Waals surface area (Å²) in [6, 6.07) is 15.6. The van der Waals surface area contributed by atoms with E-state index in [0.29, 0.717) is 25.5 Å². The van der Waals surface area contributed by atoms with Crippen LogP contribution >= 0.6 is 11.3 Å². The maximum Gasteiger partial charge on any atom is 0.233 e. The number of hydrogen-bond acceptors (Lipinski definition) is 5. The van der Waals surface area contributed by atoms with Crippen molar-refractivity contribution in [2.24, 2.45) is 0 Å². The molecule has 0 saturated carbocycles. The smallest absolute Gasteiger partial charge is 0.233 e. The molecule has 1 N–H and O–H groups in total. The van der Waals surface area contributed by atoms with Crippen molar-refractivity contribution in [3.05, 3.63) is 65.0 Å². The Morgan fingerprint density at radius 2 is 2.08 bits per heavy atom. The van der Waals surface area contributed by atoms with E-state index in [9.17, 15) is 4.79 Å². The van der Waals surface area contributed by atoms with Crippen LogP contribution in [-0.4, -0.2) is 29.3 Å². The lowest BCUT2D eigenvalue weighted by Gasteiger charge is -2.07. The molecule has 0 spiro atoms. The molecule has 25 heavy (non-hydrogen) atoms. The molecule has 0 aliphatic heterocycles. The standard InChI is InChI=1S/C19H19N3O2S/c1-14-4-2-5-15(12-14)13-18(23)20-9-10-24-19-8-7-16(21-22-19)17-6-3-11-25-17/h2-8,11-12H,9-10,13H2,1H3,(H,20,23). The largest absolute Gasteiger partial charge is 0.475 e. The number of ether oxygens (including phenoxy) is 1. The van der Waals surface area contributed by atoms with Crippen molar-refractivity contribution in [2.75, 3.05) is 13.2 Å². The highest BCUT2D eigenvalue weighted by molar-refractivity contribution is 7.13. The Hall–Kier alpha value is -2.73. The second-order valence-electron chi connectivity index (χ2n) is 5.60. The highest BCUT2D eigenvalue weighted by Crippen LogP contribution is 2.22. The van der Waals surface area contributed by atoms with Gasteiger partial charge in [0, 0.05) is 6.07 Å². The molecule has 0 aliphatic rings. The van der Waals surface area contributed by atoms with Crippen LogP contribution in [0.5, 0.6) is 5.88 Å². The first-order valence-electron chi connectivity index (χ1n) is 8.03. The van der Waals surface area contributed by atoms with Crippen LogP contribution in [-0.2, 0) is 11.2 Å². The zero-order valence-corrected chi connectivity index (χ0v) is 14.8. The van der Waals surface area contributed by atoms with E-state index in [-0.39, 0.29) is 5.91 Å². The summed E-state index contributed by atoms with van der Waals surface area (Å²) >= 11 is 1.62. The molecule has 0 aliphatic carbocycles. The van der Waals surface area contributed by atoms with Gasteiger partial charge in [-0.3, -0.25) is 4.79 Å². The summed E-state index contributed by atoms with van der Waals surface area (Å²) in [5.74, 6) is 0.432. The molecule has 2 aromatic heterocycles. The van der Waals surface area contributed by atoms with Crippen LogP contribution in [0, 0.1) is 6.92 Å². The van der Waals surface area contributed by atoms with Gasteiger partial charge in [0.15, 0.2) is 0 Å².